The minimum Gasteiger partial charge on any atom is -0.309 e. The molecule has 0 radical (unpaired) electrons. The van der Waals surface area contributed by atoms with Crippen LogP contribution >= 0.6 is 0 Å². The maximum absolute atomic E-state index is 2.54. The van der Waals surface area contributed by atoms with Crippen LogP contribution in [0, 0.1) is 13.8 Å². The molecule has 0 bridgehead atoms. The van der Waals surface area contributed by atoms with Crippen LogP contribution in [-0.4, -0.2) is 0 Å². The fraction of sp³-hybridized carbons (Fsp3) is 0.0769. The van der Waals surface area contributed by atoms with Gasteiger partial charge in [-0.2, -0.15) is 0 Å². The molecule has 0 atom stereocenters. The molecule has 0 aliphatic heterocycles. The summed E-state index contributed by atoms with van der Waals surface area (Å²) in [5.74, 6) is 0. The van der Waals surface area contributed by atoms with Gasteiger partial charge in [-0.05, 0) is 70.5 Å². The van der Waals surface area contributed by atoms with Gasteiger partial charge in [0, 0.05) is 17.5 Å². The molecule has 0 N–H and O–H groups in total. The molecule has 0 spiro atoms. The first kappa shape index (κ1) is 24.2. The second kappa shape index (κ2) is 10.0. The van der Waals surface area contributed by atoms with Gasteiger partial charge in [0.15, 0.2) is 0 Å². The second-order valence-corrected chi connectivity index (χ2v) is 10.6. The summed E-state index contributed by atoms with van der Waals surface area (Å²) in [6, 6.07) is 50.5. The minimum atomic E-state index is 0.930. The average molecular weight is 514 g/mol. The van der Waals surface area contributed by atoms with Crippen molar-refractivity contribution in [3.63, 3.8) is 0 Å². The lowest BCUT2D eigenvalue weighted by Crippen LogP contribution is -2.16. The van der Waals surface area contributed by atoms with Gasteiger partial charge in [0.1, 0.15) is 0 Å². The molecule has 0 heterocycles. The van der Waals surface area contributed by atoms with E-state index in [9.17, 15) is 0 Å². The Bertz CT molecular complexity index is 1750. The summed E-state index contributed by atoms with van der Waals surface area (Å²) in [6.07, 6.45) is 0.930. The molecule has 0 saturated carbocycles. The number of fused-ring (bicyclic) bond motifs is 3. The van der Waals surface area contributed by atoms with Crippen LogP contribution in [0.1, 0.15) is 22.3 Å². The highest BCUT2D eigenvalue weighted by Crippen LogP contribution is 2.51. The van der Waals surface area contributed by atoms with Crippen LogP contribution < -0.4 is 4.90 Å². The van der Waals surface area contributed by atoms with E-state index in [2.05, 4.69) is 158 Å². The summed E-state index contributed by atoms with van der Waals surface area (Å²) in [7, 11) is 0. The van der Waals surface area contributed by atoms with Crippen molar-refractivity contribution in [1.29, 1.82) is 0 Å². The quantitative estimate of drug-likeness (QED) is 0.221. The lowest BCUT2D eigenvalue weighted by molar-refractivity contribution is 1.16. The Labute approximate surface area is 237 Å². The zero-order chi connectivity index (χ0) is 27.1. The van der Waals surface area contributed by atoms with Crippen molar-refractivity contribution in [2.45, 2.75) is 20.3 Å². The van der Waals surface area contributed by atoms with Crippen molar-refractivity contribution in [3.8, 4) is 33.4 Å². The average Bonchev–Trinajstić information content (AvgIpc) is 3.38. The van der Waals surface area contributed by atoms with Crippen molar-refractivity contribution in [2.24, 2.45) is 0 Å². The van der Waals surface area contributed by atoms with Gasteiger partial charge in [-0.1, -0.05) is 127 Å². The summed E-state index contributed by atoms with van der Waals surface area (Å²) in [5, 5.41) is 0. The number of benzene rings is 6. The van der Waals surface area contributed by atoms with E-state index in [1.54, 1.807) is 0 Å². The summed E-state index contributed by atoms with van der Waals surface area (Å²) < 4.78 is 0. The first-order valence-electron chi connectivity index (χ1n) is 14.0. The highest BCUT2D eigenvalue weighted by molar-refractivity contribution is 5.97. The van der Waals surface area contributed by atoms with E-state index in [-0.39, 0.29) is 0 Å². The molecule has 1 aliphatic carbocycles. The Kier molecular flexibility index (Phi) is 6.06. The molecular weight excluding hydrogens is 482 g/mol. The summed E-state index contributed by atoms with van der Waals surface area (Å²) in [5.41, 5.74) is 16.7. The molecule has 40 heavy (non-hydrogen) atoms. The van der Waals surface area contributed by atoms with E-state index in [4.69, 9.17) is 0 Å². The van der Waals surface area contributed by atoms with Gasteiger partial charge in [-0.25, -0.2) is 0 Å². The Hall–Kier alpha value is -4.88. The Morgan fingerprint density at radius 1 is 0.475 bits per heavy atom. The topological polar surface area (TPSA) is 3.24 Å². The van der Waals surface area contributed by atoms with E-state index in [0.717, 1.165) is 6.42 Å². The molecule has 0 aromatic heterocycles. The third kappa shape index (κ3) is 4.03. The van der Waals surface area contributed by atoms with Gasteiger partial charge in [0.25, 0.3) is 0 Å². The van der Waals surface area contributed by atoms with Crippen LogP contribution in [0.25, 0.3) is 33.4 Å². The lowest BCUT2D eigenvalue weighted by atomic mass is 9.93. The van der Waals surface area contributed by atoms with Gasteiger partial charge in [0.2, 0.25) is 0 Å². The predicted octanol–water partition coefficient (Wildman–Crippen LogP) is 10.7. The molecule has 0 saturated heterocycles. The van der Waals surface area contributed by atoms with E-state index in [0.29, 0.717) is 0 Å². The number of para-hydroxylation sites is 2. The molecule has 7 rings (SSSR count). The third-order valence-electron chi connectivity index (χ3n) is 8.28. The number of hydrogen-bond acceptors (Lipinski definition) is 1. The maximum atomic E-state index is 2.54. The third-order valence-corrected chi connectivity index (χ3v) is 8.28. The molecule has 1 nitrogen and oxygen atoms in total. The van der Waals surface area contributed by atoms with Gasteiger partial charge < -0.3 is 4.90 Å². The van der Waals surface area contributed by atoms with Gasteiger partial charge in [-0.15, -0.1) is 0 Å². The summed E-state index contributed by atoms with van der Waals surface area (Å²) >= 11 is 0. The molecular formula is C39H31N. The predicted molar refractivity (Wildman–Crippen MR) is 170 cm³/mol. The molecule has 6 aromatic rings. The number of hydrogen-bond donors (Lipinski definition) is 0. The molecule has 1 heteroatoms. The molecule has 192 valence electrons. The van der Waals surface area contributed by atoms with Crippen LogP contribution in [0.2, 0.25) is 0 Å². The fourth-order valence-corrected chi connectivity index (χ4v) is 6.23. The number of anilines is 3. The SMILES string of the molecule is Cc1cc2c(c(N(c3ccccc3-c3ccccc3)c3ccccc3-c3ccccc3)c1C)Cc1ccccc1-2. The van der Waals surface area contributed by atoms with E-state index in [1.807, 2.05) is 0 Å². The van der Waals surface area contributed by atoms with Gasteiger partial charge >= 0.3 is 0 Å². The van der Waals surface area contributed by atoms with Crippen LogP contribution in [-0.2, 0) is 6.42 Å². The first-order chi connectivity index (χ1) is 19.7. The number of rotatable bonds is 5. The van der Waals surface area contributed by atoms with Crippen LogP contribution in [0.4, 0.5) is 17.1 Å². The highest BCUT2D eigenvalue weighted by atomic mass is 15.2. The zero-order valence-electron chi connectivity index (χ0n) is 22.9. The normalized spacial score (nSPS) is 11.7. The van der Waals surface area contributed by atoms with Gasteiger partial charge in [0.05, 0.1) is 17.1 Å². The Morgan fingerprint density at radius 3 is 1.52 bits per heavy atom. The first-order valence-corrected chi connectivity index (χ1v) is 14.0. The molecule has 6 aromatic carbocycles. The summed E-state index contributed by atoms with van der Waals surface area (Å²) in [6.45, 7) is 4.54. The number of nitrogens with zero attached hydrogens (tertiary/aromatic N) is 1. The largest absolute Gasteiger partial charge is 0.309 e. The lowest BCUT2D eigenvalue weighted by Gasteiger charge is -2.33. The van der Waals surface area contributed by atoms with Gasteiger partial charge in [-0.3, -0.25) is 0 Å². The van der Waals surface area contributed by atoms with Crippen LogP contribution in [0.15, 0.2) is 140 Å². The van der Waals surface area contributed by atoms with Crippen molar-refractivity contribution < 1.29 is 0 Å². The van der Waals surface area contributed by atoms with Crippen molar-refractivity contribution in [3.05, 3.63) is 162 Å². The van der Waals surface area contributed by atoms with Crippen molar-refractivity contribution in [2.75, 3.05) is 4.90 Å². The van der Waals surface area contributed by atoms with Crippen molar-refractivity contribution in [1.82, 2.24) is 0 Å². The Balaban J connectivity index is 1.57. The van der Waals surface area contributed by atoms with E-state index >= 15 is 0 Å². The Morgan fingerprint density at radius 2 is 0.950 bits per heavy atom. The minimum absolute atomic E-state index is 0.930. The maximum Gasteiger partial charge on any atom is 0.0540 e. The molecule has 1 aliphatic rings. The summed E-state index contributed by atoms with van der Waals surface area (Å²) in [4.78, 5) is 2.54. The number of aryl methyl sites for hydroxylation is 1. The molecule has 0 unspecified atom stereocenters. The monoisotopic (exact) mass is 513 g/mol. The second-order valence-electron chi connectivity index (χ2n) is 10.6. The van der Waals surface area contributed by atoms with Crippen LogP contribution in [0.5, 0.6) is 0 Å². The fourth-order valence-electron chi connectivity index (χ4n) is 6.23. The van der Waals surface area contributed by atoms with Crippen molar-refractivity contribution >= 4 is 17.1 Å². The van der Waals surface area contributed by atoms with E-state index in [1.165, 1.54) is 72.7 Å². The highest BCUT2D eigenvalue weighted by Gasteiger charge is 2.29. The molecule has 0 amide bonds. The standard InChI is InChI=1S/C39H31N/c1-27-25-35-32-20-10-9-19-31(32)26-36(35)39(28(27)2)40(37-23-13-11-21-33(37)29-15-5-3-6-16-29)38-24-14-12-22-34(38)30-17-7-4-8-18-30/h3-25H,26H2,1-2H3. The van der Waals surface area contributed by atoms with E-state index < -0.39 is 0 Å². The zero-order valence-corrected chi connectivity index (χ0v) is 22.9. The smallest absolute Gasteiger partial charge is 0.0540 e. The molecule has 0 fully saturated rings. The van der Waals surface area contributed by atoms with Crippen LogP contribution in [0.3, 0.4) is 0 Å².